The molecule has 0 saturated heterocycles. The maximum Gasteiger partial charge on any atom is 0.0184 e. The molecule has 3 rings (SSSR count). The number of allylic oxidation sites excluding steroid dienone is 2. The summed E-state index contributed by atoms with van der Waals surface area (Å²) in [5, 5.41) is 0. The van der Waals surface area contributed by atoms with E-state index in [1.54, 1.807) is 0 Å². The normalized spacial score (nSPS) is 13.4. The van der Waals surface area contributed by atoms with E-state index < -0.39 is 0 Å². The highest BCUT2D eigenvalue weighted by molar-refractivity contribution is 9.10. The summed E-state index contributed by atoms with van der Waals surface area (Å²) in [6.07, 6.45) is 3.37. The van der Waals surface area contributed by atoms with Gasteiger partial charge in [-0.2, -0.15) is 0 Å². The average molecular weight is 299 g/mol. The molecular formula is C17H15Br. The van der Waals surface area contributed by atoms with Crippen molar-refractivity contribution in [2.45, 2.75) is 20.3 Å². The molecule has 1 heteroatoms. The molecule has 0 fully saturated rings. The van der Waals surface area contributed by atoms with E-state index in [0.717, 1.165) is 6.42 Å². The van der Waals surface area contributed by atoms with Crippen molar-refractivity contribution in [1.82, 2.24) is 0 Å². The predicted molar refractivity (Wildman–Crippen MR) is 81.7 cm³/mol. The molecule has 18 heavy (non-hydrogen) atoms. The van der Waals surface area contributed by atoms with Crippen LogP contribution in [0, 0.1) is 6.92 Å². The number of fused-ring (bicyclic) bond motifs is 1. The van der Waals surface area contributed by atoms with Gasteiger partial charge in [-0.25, -0.2) is 0 Å². The lowest BCUT2D eigenvalue weighted by molar-refractivity contribution is 1.30. The Morgan fingerprint density at radius 2 is 1.72 bits per heavy atom. The van der Waals surface area contributed by atoms with Gasteiger partial charge in [0.15, 0.2) is 0 Å². The first kappa shape index (κ1) is 11.7. The van der Waals surface area contributed by atoms with Gasteiger partial charge in [0.2, 0.25) is 0 Å². The van der Waals surface area contributed by atoms with Crippen LogP contribution in [-0.2, 0) is 6.42 Å². The van der Waals surface area contributed by atoms with Gasteiger partial charge in [-0.05, 0) is 60.2 Å². The zero-order valence-electron chi connectivity index (χ0n) is 10.6. The summed E-state index contributed by atoms with van der Waals surface area (Å²) >= 11 is 3.62. The van der Waals surface area contributed by atoms with Crippen molar-refractivity contribution >= 4 is 21.5 Å². The maximum atomic E-state index is 3.62. The second-order valence-corrected chi connectivity index (χ2v) is 5.86. The Morgan fingerprint density at radius 3 is 2.44 bits per heavy atom. The van der Waals surface area contributed by atoms with E-state index in [-0.39, 0.29) is 0 Å². The Hall–Kier alpha value is -1.34. The molecule has 0 heterocycles. The largest absolute Gasteiger partial charge is 0.0765 e. The first-order valence-electron chi connectivity index (χ1n) is 6.22. The van der Waals surface area contributed by atoms with Gasteiger partial charge in [0.05, 0.1) is 0 Å². The summed E-state index contributed by atoms with van der Waals surface area (Å²) in [6, 6.07) is 13.2. The fourth-order valence-corrected chi connectivity index (χ4v) is 3.12. The van der Waals surface area contributed by atoms with Crippen molar-refractivity contribution in [3.63, 3.8) is 0 Å². The Bertz CT molecular complexity index is 633. The molecule has 0 amide bonds. The molecule has 0 nitrogen and oxygen atoms in total. The minimum absolute atomic E-state index is 1.06. The second-order valence-electron chi connectivity index (χ2n) is 4.94. The molecule has 0 atom stereocenters. The Labute approximate surface area is 116 Å². The highest BCUT2D eigenvalue weighted by Crippen LogP contribution is 2.38. The first-order valence-corrected chi connectivity index (χ1v) is 7.01. The number of halogens is 1. The molecule has 2 aromatic rings. The fourth-order valence-electron chi connectivity index (χ4n) is 2.62. The molecule has 0 bridgehead atoms. The van der Waals surface area contributed by atoms with Crippen LogP contribution in [0.3, 0.4) is 0 Å². The van der Waals surface area contributed by atoms with E-state index in [0.29, 0.717) is 0 Å². The van der Waals surface area contributed by atoms with Crippen LogP contribution in [-0.4, -0.2) is 0 Å². The van der Waals surface area contributed by atoms with Crippen molar-refractivity contribution in [2.24, 2.45) is 0 Å². The third-order valence-electron chi connectivity index (χ3n) is 3.57. The minimum Gasteiger partial charge on any atom is -0.0765 e. The molecule has 0 unspecified atom stereocenters. The molecule has 0 aromatic heterocycles. The van der Waals surface area contributed by atoms with Gasteiger partial charge in [0, 0.05) is 4.47 Å². The standard InChI is InChI=1S/C17H15Br/c1-11-3-6-13(7-4-11)16-10-15(18)9-14-8-5-12(2)17(14)16/h3-7,9-10H,8H2,1-2H3. The summed E-state index contributed by atoms with van der Waals surface area (Å²) in [5.41, 5.74) is 8.18. The van der Waals surface area contributed by atoms with Crippen LogP contribution >= 0.6 is 15.9 Å². The highest BCUT2D eigenvalue weighted by atomic mass is 79.9. The first-order chi connectivity index (χ1) is 8.65. The molecule has 0 spiro atoms. The Balaban J connectivity index is 2.23. The number of aryl methyl sites for hydroxylation is 1. The molecule has 2 aromatic carbocycles. The number of hydrogen-bond donors (Lipinski definition) is 0. The Morgan fingerprint density at radius 1 is 1.00 bits per heavy atom. The third-order valence-corrected chi connectivity index (χ3v) is 4.03. The molecule has 0 aliphatic heterocycles. The van der Waals surface area contributed by atoms with E-state index in [2.05, 4.69) is 72.3 Å². The molecule has 0 saturated carbocycles. The molecule has 1 aliphatic rings. The average Bonchev–Trinajstić information content (AvgIpc) is 2.71. The summed E-state index contributed by atoms with van der Waals surface area (Å²) in [6.45, 7) is 4.33. The molecule has 0 radical (unpaired) electrons. The van der Waals surface area contributed by atoms with Gasteiger partial charge in [-0.1, -0.05) is 51.8 Å². The van der Waals surface area contributed by atoms with Gasteiger partial charge < -0.3 is 0 Å². The summed E-state index contributed by atoms with van der Waals surface area (Å²) in [7, 11) is 0. The van der Waals surface area contributed by atoms with Crippen LogP contribution < -0.4 is 0 Å². The smallest absolute Gasteiger partial charge is 0.0184 e. The van der Waals surface area contributed by atoms with Gasteiger partial charge >= 0.3 is 0 Å². The Kier molecular flexibility index (Phi) is 2.87. The lowest BCUT2D eigenvalue weighted by atomic mass is 9.94. The molecular weight excluding hydrogens is 284 g/mol. The third kappa shape index (κ3) is 1.93. The van der Waals surface area contributed by atoms with Crippen LogP contribution in [0.2, 0.25) is 0 Å². The van der Waals surface area contributed by atoms with E-state index in [9.17, 15) is 0 Å². The van der Waals surface area contributed by atoms with E-state index >= 15 is 0 Å². The van der Waals surface area contributed by atoms with Crippen LogP contribution in [0.25, 0.3) is 16.7 Å². The number of hydrogen-bond acceptors (Lipinski definition) is 0. The minimum atomic E-state index is 1.06. The van der Waals surface area contributed by atoms with Gasteiger partial charge in [0.1, 0.15) is 0 Å². The molecule has 0 N–H and O–H groups in total. The monoisotopic (exact) mass is 298 g/mol. The van der Waals surface area contributed by atoms with Crippen LogP contribution in [0.15, 0.2) is 46.9 Å². The predicted octanol–water partition coefficient (Wildman–Crippen LogP) is 5.38. The number of benzene rings is 2. The van der Waals surface area contributed by atoms with Gasteiger partial charge in [-0.15, -0.1) is 0 Å². The highest BCUT2D eigenvalue weighted by Gasteiger charge is 2.16. The zero-order valence-corrected chi connectivity index (χ0v) is 12.2. The number of rotatable bonds is 1. The topological polar surface area (TPSA) is 0 Å². The lowest BCUT2D eigenvalue weighted by Crippen LogP contribution is -1.90. The zero-order chi connectivity index (χ0) is 12.7. The van der Waals surface area contributed by atoms with E-state index in [1.807, 2.05) is 0 Å². The molecule has 90 valence electrons. The second kappa shape index (κ2) is 4.40. The van der Waals surface area contributed by atoms with Crippen LogP contribution in [0.4, 0.5) is 0 Å². The lowest BCUT2D eigenvalue weighted by Gasteiger charge is -2.12. The maximum absolute atomic E-state index is 3.62. The van der Waals surface area contributed by atoms with Gasteiger partial charge in [-0.3, -0.25) is 0 Å². The van der Waals surface area contributed by atoms with Crippen molar-refractivity contribution in [1.29, 1.82) is 0 Å². The SMILES string of the molecule is CC1=CCc2cc(Br)cc(-c3ccc(C)cc3)c21. The van der Waals surface area contributed by atoms with E-state index in [1.165, 1.54) is 37.9 Å². The fraction of sp³-hybridized carbons (Fsp3) is 0.176. The van der Waals surface area contributed by atoms with Crippen LogP contribution in [0.1, 0.15) is 23.6 Å². The van der Waals surface area contributed by atoms with Crippen molar-refractivity contribution in [3.8, 4) is 11.1 Å². The van der Waals surface area contributed by atoms with E-state index in [4.69, 9.17) is 0 Å². The van der Waals surface area contributed by atoms with Gasteiger partial charge in [0.25, 0.3) is 0 Å². The van der Waals surface area contributed by atoms with Crippen molar-refractivity contribution in [3.05, 3.63) is 63.6 Å². The summed E-state index contributed by atoms with van der Waals surface area (Å²) in [4.78, 5) is 0. The summed E-state index contributed by atoms with van der Waals surface area (Å²) in [5.74, 6) is 0. The quantitative estimate of drug-likeness (QED) is 0.663. The summed E-state index contributed by atoms with van der Waals surface area (Å²) < 4.78 is 1.17. The molecule has 1 aliphatic carbocycles. The van der Waals surface area contributed by atoms with Crippen LogP contribution in [0.5, 0.6) is 0 Å². The van der Waals surface area contributed by atoms with Crippen molar-refractivity contribution < 1.29 is 0 Å². The van der Waals surface area contributed by atoms with Crippen molar-refractivity contribution in [2.75, 3.05) is 0 Å².